The number of nitrogens with zero attached hydrogens (tertiary/aromatic N) is 3. The van der Waals surface area contributed by atoms with E-state index in [1.807, 2.05) is 0 Å². The molecule has 1 aromatic heterocycles. The van der Waals surface area contributed by atoms with Gasteiger partial charge in [0.2, 0.25) is 0 Å². The number of hydrogen-bond donors (Lipinski definition) is 3. The van der Waals surface area contributed by atoms with Crippen molar-refractivity contribution in [2.75, 3.05) is 12.3 Å². The largest absolute Gasteiger partial charge is 0.481 e. The second-order valence-corrected chi connectivity index (χ2v) is 4.10. The van der Waals surface area contributed by atoms with E-state index in [0.717, 1.165) is 11.8 Å². The van der Waals surface area contributed by atoms with Crippen molar-refractivity contribution in [3.8, 4) is 0 Å². The van der Waals surface area contributed by atoms with Crippen LogP contribution in [0.4, 0.5) is 4.79 Å². The van der Waals surface area contributed by atoms with Crippen LogP contribution in [0.25, 0.3) is 0 Å². The van der Waals surface area contributed by atoms with E-state index in [0.29, 0.717) is 24.1 Å². The van der Waals surface area contributed by atoms with Gasteiger partial charge in [0.15, 0.2) is 5.16 Å². The van der Waals surface area contributed by atoms with E-state index in [1.165, 1.54) is 0 Å². The van der Waals surface area contributed by atoms with Crippen molar-refractivity contribution in [1.29, 1.82) is 0 Å². The van der Waals surface area contributed by atoms with Crippen LogP contribution in [0.3, 0.4) is 0 Å². The summed E-state index contributed by atoms with van der Waals surface area (Å²) < 4.78 is 1.73. The molecule has 0 aromatic carbocycles. The molecule has 1 rings (SSSR count). The molecule has 0 radical (unpaired) electrons. The van der Waals surface area contributed by atoms with Gasteiger partial charge in [-0.2, -0.15) is 0 Å². The van der Waals surface area contributed by atoms with Gasteiger partial charge >= 0.3 is 12.0 Å². The number of primary amides is 1. The predicted octanol–water partition coefficient (Wildman–Crippen LogP) is -0.568. The number of carboxylic acid groups (broad SMARTS) is 1. The molecule has 0 saturated carbocycles. The SMILES string of the molecule is Cc1nnc(SCC(=O)O)n1CCNC(N)=O. The Labute approximate surface area is 102 Å². The highest BCUT2D eigenvalue weighted by Crippen LogP contribution is 2.15. The maximum Gasteiger partial charge on any atom is 0.313 e. The first-order valence-electron chi connectivity index (χ1n) is 4.78. The average molecular weight is 259 g/mol. The number of thioether (sulfide) groups is 1. The zero-order valence-electron chi connectivity index (χ0n) is 9.21. The first kappa shape index (κ1) is 13.3. The Balaban J connectivity index is 2.59. The summed E-state index contributed by atoms with van der Waals surface area (Å²) in [6, 6.07) is -0.601. The van der Waals surface area contributed by atoms with Gasteiger partial charge in [-0.05, 0) is 6.92 Å². The first-order valence-corrected chi connectivity index (χ1v) is 5.77. The number of urea groups is 1. The minimum absolute atomic E-state index is 0.0820. The summed E-state index contributed by atoms with van der Waals surface area (Å²) >= 11 is 1.08. The summed E-state index contributed by atoms with van der Waals surface area (Å²) in [7, 11) is 0. The molecule has 94 valence electrons. The molecular weight excluding hydrogens is 246 g/mol. The molecule has 4 N–H and O–H groups in total. The molecule has 0 aliphatic rings. The fourth-order valence-electron chi connectivity index (χ4n) is 1.14. The van der Waals surface area contributed by atoms with E-state index in [-0.39, 0.29) is 5.75 Å². The second-order valence-electron chi connectivity index (χ2n) is 3.15. The number of carbonyl (C=O) groups is 2. The van der Waals surface area contributed by atoms with Crippen molar-refractivity contribution in [3.05, 3.63) is 5.82 Å². The van der Waals surface area contributed by atoms with Gasteiger partial charge in [-0.3, -0.25) is 4.79 Å². The number of nitrogens with two attached hydrogens (primary N) is 1. The summed E-state index contributed by atoms with van der Waals surface area (Å²) in [5.74, 6) is -0.344. The molecule has 1 heterocycles. The summed E-state index contributed by atoms with van der Waals surface area (Å²) in [6.07, 6.45) is 0. The highest BCUT2D eigenvalue weighted by Gasteiger charge is 2.10. The third kappa shape index (κ3) is 4.31. The molecule has 0 aliphatic carbocycles. The number of aromatic nitrogens is 3. The molecule has 9 heteroatoms. The minimum Gasteiger partial charge on any atom is -0.481 e. The number of hydrogen-bond acceptors (Lipinski definition) is 5. The van der Waals surface area contributed by atoms with Crippen LogP contribution in [0.2, 0.25) is 0 Å². The third-order valence-corrected chi connectivity index (χ3v) is 2.81. The molecule has 0 fully saturated rings. The molecule has 2 amide bonds. The highest BCUT2D eigenvalue weighted by atomic mass is 32.2. The number of nitrogens with one attached hydrogen (secondary N) is 1. The van der Waals surface area contributed by atoms with E-state index in [4.69, 9.17) is 10.8 Å². The van der Waals surface area contributed by atoms with Gasteiger partial charge in [-0.25, -0.2) is 4.79 Å². The van der Waals surface area contributed by atoms with Crippen molar-refractivity contribution >= 4 is 23.8 Å². The fourth-order valence-corrected chi connectivity index (χ4v) is 1.87. The van der Waals surface area contributed by atoms with Gasteiger partial charge in [0, 0.05) is 13.1 Å². The van der Waals surface area contributed by atoms with Crippen molar-refractivity contribution in [2.24, 2.45) is 5.73 Å². The topological polar surface area (TPSA) is 123 Å². The number of rotatable bonds is 6. The average Bonchev–Trinajstić information content (AvgIpc) is 2.57. The van der Waals surface area contributed by atoms with Crippen LogP contribution in [0.15, 0.2) is 5.16 Å². The Morgan fingerprint density at radius 3 is 2.82 bits per heavy atom. The van der Waals surface area contributed by atoms with Crippen molar-refractivity contribution in [3.63, 3.8) is 0 Å². The van der Waals surface area contributed by atoms with Gasteiger partial charge in [-0.15, -0.1) is 10.2 Å². The van der Waals surface area contributed by atoms with Crippen LogP contribution in [0, 0.1) is 6.92 Å². The van der Waals surface area contributed by atoms with E-state index in [9.17, 15) is 9.59 Å². The van der Waals surface area contributed by atoms with Crippen LogP contribution in [-0.2, 0) is 11.3 Å². The summed E-state index contributed by atoms with van der Waals surface area (Å²) in [5.41, 5.74) is 4.93. The number of amides is 2. The molecule has 17 heavy (non-hydrogen) atoms. The van der Waals surface area contributed by atoms with Crippen LogP contribution in [0.1, 0.15) is 5.82 Å². The molecule has 0 saturated heterocycles. The second kappa shape index (κ2) is 6.09. The van der Waals surface area contributed by atoms with Crippen LogP contribution >= 0.6 is 11.8 Å². The van der Waals surface area contributed by atoms with E-state index < -0.39 is 12.0 Å². The number of carboxylic acids is 1. The fraction of sp³-hybridized carbons (Fsp3) is 0.500. The van der Waals surface area contributed by atoms with Crippen molar-refractivity contribution in [2.45, 2.75) is 18.6 Å². The van der Waals surface area contributed by atoms with Crippen molar-refractivity contribution < 1.29 is 14.7 Å². The number of aryl methyl sites for hydroxylation is 1. The standard InChI is InChI=1S/C8H13N5O3S/c1-5-11-12-8(17-4-6(14)15)13(5)3-2-10-7(9)16/h2-4H2,1H3,(H,14,15)(H3,9,10,16). The van der Waals surface area contributed by atoms with E-state index >= 15 is 0 Å². The van der Waals surface area contributed by atoms with Gasteiger partial charge in [0.05, 0.1) is 5.75 Å². The Kier molecular flexibility index (Phi) is 4.76. The zero-order chi connectivity index (χ0) is 12.8. The first-order chi connectivity index (χ1) is 8.00. The molecule has 0 spiro atoms. The summed E-state index contributed by atoms with van der Waals surface area (Å²) in [5, 5.41) is 19.2. The van der Waals surface area contributed by atoms with E-state index in [1.54, 1.807) is 11.5 Å². The number of aliphatic carboxylic acids is 1. The molecule has 0 unspecified atom stereocenters. The molecular formula is C8H13N5O3S. The third-order valence-electron chi connectivity index (χ3n) is 1.86. The highest BCUT2D eigenvalue weighted by molar-refractivity contribution is 7.99. The van der Waals surface area contributed by atoms with Gasteiger partial charge in [-0.1, -0.05) is 11.8 Å². The van der Waals surface area contributed by atoms with Crippen LogP contribution in [0.5, 0.6) is 0 Å². The maximum absolute atomic E-state index is 10.5. The Hall–Kier alpha value is -1.77. The van der Waals surface area contributed by atoms with Gasteiger partial charge < -0.3 is 20.7 Å². The van der Waals surface area contributed by atoms with Gasteiger partial charge in [0.1, 0.15) is 5.82 Å². The number of carbonyl (C=O) groups excluding carboxylic acids is 1. The smallest absolute Gasteiger partial charge is 0.313 e. The molecule has 0 atom stereocenters. The Morgan fingerprint density at radius 1 is 1.53 bits per heavy atom. The minimum atomic E-state index is -0.919. The lowest BCUT2D eigenvalue weighted by Gasteiger charge is -2.07. The molecule has 8 nitrogen and oxygen atoms in total. The zero-order valence-corrected chi connectivity index (χ0v) is 10.0. The normalized spacial score (nSPS) is 10.2. The summed E-state index contributed by atoms with van der Waals surface area (Å²) in [4.78, 5) is 20.9. The quantitative estimate of drug-likeness (QED) is 0.588. The predicted molar refractivity (Wildman–Crippen MR) is 60.7 cm³/mol. The van der Waals surface area contributed by atoms with Crippen LogP contribution < -0.4 is 11.1 Å². The molecule has 1 aromatic rings. The monoisotopic (exact) mass is 259 g/mol. The van der Waals surface area contributed by atoms with Crippen molar-refractivity contribution in [1.82, 2.24) is 20.1 Å². The van der Waals surface area contributed by atoms with Gasteiger partial charge in [0.25, 0.3) is 0 Å². The lowest BCUT2D eigenvalue weighted by atomic mass is 10.5. The maximum atomic E-state index is 10.5. The molecule has 0 aliphatic heterocycles. The molecule has 0 bridgehead atoms. The van der Waals surface area contributed by atoms with Crippen LogP contribution in [-0.4, -0.2) is 44.2 Å². The van der Waals surface area contributed by atoms with E-state index in [2.05, 4.69) is 15.5 Å². The Morgan fingerprint density at radius 2 is 2.24 bits per heavy atom. The Bertz CT molecular complexity index is 419. The lowest BCUT2D eigenvalue weighted by Crippen LogP contribution is -2.32. The lowest BCUT2D eigenvalue weighted by molar-refractivity contribution is -0.133. The summed E-state index contributed by atoms with van der Waals surface area (Å²) in [6.45, 7) is 2.54.